The Morgan fingerprint density at radius 1 is 1.50 bits per heavy atom. The van der Waals surface area contributed by atoms with Crippen LogP contribution in [-0.2, 0) is 18.3 Å². The van der Waals surface area contributed by atoms with Crippen molar-refractivity contribution in [1.82, 2.24) is 24.6 Å². The lowest BCUT2D eigenvalue weighted by Crippen LogP contribution is -2.29. The van der Waals surface area contributed by atoms with Gasteiger partial charge in [-0.3, -0.25) is 9.58 Å². The fourth-order valence-electron chi connectivity index (χ4n) is 2.54. The second-order valence-electron chi connectivity index (χ2n) is 5.27. The molecule has 0 aliphatic carbocycles. The topological polar surface area (TPSA) is 56.1 Å². The first-order valence-electron chi connectivity index (χ1n) is 6.78. The fourth-order valence-corrected chi connectivity index (χ4v) is 2.77. The van der Waals surface area contributed by atoms with Gasteiger partial charge in [0, 0.05) is 20.2 Å². The smallest absolute Gasteiger partial charge is 0.162 e. The van der Waals surface area contributed by atoms with E-state index in [0.29, 0.717) is 23.6 Å². The molecule has 1 atom stereocenters. The van der Waals surface area contributed by atoms with Gasteiger partial charge in [0.15, 0.2) is 5.65 Å². The summed E-state index contributed by atoms with van der Waals surface area (Å²) in [4.78, 5) is 11.1. The summed E-state index contributed by atoms with van der Waals surface area (Å²) in [6, 6.07) is 0. The van der Waals surface area contributed by atoms with Crippen molar-refractivity contribution in [3.8, 4) is 0 Å². The number of likely N-dealkylation sites (N-methyl/N-ethyl adjacent to an activating group) is 1. The van der Waals surface area contributed by atoms with Gasteiger partial charge < -0.3 is 4.74 Å². The lowest BCUT2D eigenvalue weighted by atomic mass is 10.2. The first kappa shape index (κ1) is 13.7. The van der Waals surface area contributed by atoms with Gasteiger partial charge in [0.1, 0.15) is 11.0 Å². The van der Waals surface area contributed by atoms with Gasteiger partial charge in [-0.25, -0.2) is 9.97 Å². The first-order valence-corrected chi connectivity index (χ1v) is 7.15. The van der Waals surface area contributed by atoms with Gasteiger partial charge in [0.05, 0.1) is 24.2 Å². The Hall–Kier alpha value is -1.24. The summed E-state index contributed by atoms with van der Waals surface area (Å²) in [5.41, 5.74) is 0.769. The van der Waals surface area contributed by atoms with Crippen LogP contribution < -0.4 is 0 Å². The van der Waals surface area contributed by atoms with Crippen LogP contribution in [0.3, 0.4) is 0 Å². The quantitative estimate of drug-likeness (QED) is 0.803. The summed E-state index contributed by atoms with van der Waals surface area (Å²) in [7, 11) is 3.90. The first-order chi connectivity index (χ1) is 9.63. The molecule has 1 saturated heterocycles. The number of fused-ring (bicyclic) bond motifs is 1. The normalized spacial score (nSPS) is 19.3. The molecule has 0 amide bonds. The summed E-state index contributed by atoms with van der Waals surface area (Å²) >= 11 is 6.18. The van der Waals surface area contributed by atoms with E-state index in [0.717, 1.165) is 37.0 Å². The van der Waals surface area contributed by atoms with Crippen molar-refractivity contribution in [2.24, 2.45) is 7.05 Å². The molecule has 20 heavy (non-hydrogen) atoms. The number of hydrogen-bond acceptors (Lipinski definition) is 5. The van der Waals surface area contributed by atoms with Crippen LogP contribution in [0.2, 0.25) is 5.15 Å². The second-order valence-corrected chi connectivity index (χ2v) is 5.63. The van der Waals surface area contributed by atoms with Crippen LogP contribution >= 0.6 is 11.6 Å². The molecule has 1 fully saturated rings. The lowest BCUT2D eigenvalue weighted by Gasteiger charge is -2.19. The van der Waals surface area contributed by atoms with Crippen LogP contribution in [0.15, 0.2) is 6.20 Å². The molecule has 0 spiro atoms. The van der Waals surface area contributed by atoms with E-state index in [1.54, 1.807) is 10.9 Å². The molecule has 0 saturated carbocycles. The van der Waals surface area contributed by atoms with Crippen LogP contribution in [0.1, 0.15) is 18.7 Å². The Labute approximate surface area is 122 Å². The Kier molecular flexibility index (Phi) is 3.87. The highest BCUT2D eigenvalue weighted by Gasteiger charge is 2.18. The molecule has 3 heterocycles. The molecule has 1 unspecified atom stereocenters. The van der Waals surface area contributed by atoms with Crippen molar-refractivity contribution >= 4 is 22.6 Å². The van der Waals surface area contributed by atoms with Crippen LogP contribution in [-0.4, -0.2) is 51.0 Å². The maximum Gasteiger partial charge on any atom is 0.162 e. The molecule has 0 bridgehead atoms. The third-order valence-corrected chi connectivity index (χ3v) is 3.83. The highest BCUT2D eigenvalue weighted by Crippen LogP contribution is 2.20. The van der Waals surface area contributed by atoms with Crippen LogP contribution in [0.5, 0.6) is 0 Å². The third-order valence-electron chi connectivity index (χ3n) is 3.54. The highest BCUT2D eigenvalue weighted by molar-refractivity contribution is 6.33. The summed E-state index contributed by atoms with van der Waals surface area (Å²) in [6.07, 6.45) is 4.31. The minimum Gasteiger partial charge on any atom is -0.377 e. The molecular formula is C13H18ClN5O. The zero-order chi connectivity index (χ0) is 14.1. The molecule has 0 N–H and O–H groups in total. The molecule has 0 radical (unpaired) electrons. The SMILES string of the molecule is CN(Cc1nc(Cl)c2cnn(C)c2n1)CC1CCCO1. The predicted molar refractivity (Wildman–Crippen MR) is 76.6 cm³/mol. The number of rotatable bonds is 4. The number of aromatic nitrogens is 4. The minimum absolute atomic E-state index is 0.330. The van der Waals surface area contributed by atoms with Gasteiger partial charge in [0.25, 0.3) is 0 Å². The average Bonchev–Trinajstić information content (AvgIpc) is 3.00. The van der Waals surface area contributed by atoms with E-state index in [1.165, 1.54) is 0 Å². The van der Waals surface area contributed by atoms with E-state index in [9.17, 15) is 0 Å². The molecule has 3 rings (SSSR count). The fraction of sp³-hybridized carbons (Fsp3) is 0.615. The Morgan fingerprint density at radius 3 is 3.10 bits per heavy atom. The summed E-state index contributed by atoms with van der Waals surface area (Å²) in [5.74, 6) is 0.714. The zero-order valence-corrected chi connectivity index (χ0v) is 12.5. The largest absolute Gasteiger partial charge is 0.377 e. The molecule has 2 aromatic heterocycles. The van der Waals surface area contributed by atoms with Gasteiger partial charge in [0.2, 0.25) is 0 Å². The molecule has 0 aromatic carbocycles. The van der Waals surface area contributed by atoms with E-state index in [4.69, 9.17) is 16.3 Å². The lowest BCUT2D eigenvalue weighted by molar-refractivity contribution is 0.0786. The number of halogens is 1. The van der Waals surface area contributed by atoms with Crippen molar-refractivity contribution in [1.29, 1.82) is 0 Å². The second kappa shape index (κ2) is 5.63. The minimum atomic E-state index is 0.330. The molecule has 1 aliphatic rings. The van der Waals surface area contributed by atoms with Gasteiger partial charge in [-0.05, 0) is 19.9 Å². The Balaban J connectivity index is 1.74. The van der Waals surface area contributed by atoms with Gasteiger partial charge >= 0.3 is 0 Å². The molecule has 7 heteroatoms. The molecule has 6 nitrogen and oxygen atoms in total. The van der Waals surface area contributed by atoms with Crippen molar-refractivity contribution < 1.29 is 4.74 Å². The van der Waals surface area contributed by atoms with Crippen molar-refractivity contribution in [3.05, 3.63) is 17.2 Å². The molecule has 1 aliphatic heterocycles. The van der Waals surface area contributed by atoms with E-state index in [1.807, 2.05) is 14.1 Å². The standard InChI is InChI=1S/C13H18ClN5O/c1-18(7-9-4-3-5-20-9)8-11-16-12(14)10-6-15-19(2)13(10)17-11/h6,9H,3-5,7-8H2,1-2H3. The summed E-state index contributed by atoms with van der Waals surface area (Å²) in [5, 5.41) is 5.41. The Morgan fingerprint density at radius 2 is 2.35 bits per heavy atom. The van der Waals surface area contributed by atoms with Crippen molar-refractivity contribution in [2.75, 3.05) is 20.2 Å². The average molecular weight is 296 g/mol. The van der Waals surface area contributed by atoms with Crippen LogP contribution in [0, 0.1) is 0 Å². The van der Waals surface area contributed by atoms with E-state index >= 15 is 0 Å². The Bertz CT molecular complexity index is 608. The van der Waals surface area contributed by atoms with Crippen LogP contribution in [0.25, 0.3) is 11.0 Å². The predicted octanol–water partition coefficient (Wildman–Crippen LogP) is 1.63. The summed E-state index contributed by atoms with van der Waals surface area (Å²) < 4.78 is 7.35. The maximum atomic E-state index is 6.18. The number of ether oxygens (including phenoxy) is 1. The monoisotopic (exact) mass is 295 g/mol. The van der Waals surface area contributed by atoms with Crippen molar-refractivity contribution in [3.63, 3.8) is 0 Å². The maximum absolute atomic E-state index is 6.18. The zero-order valence-electron chi connectivity index (χ0n) is 11.7. The van der Waals surface area contributed by atoms with Gasteiger partial charge in [-0.2, -0.15) is 5.10 Å². The number of hydrogen-bond donors (Lipinski definition) is 0. The molecule has 108 valence electrons. The highest BCUT2D eigenvalue weighted by atomic mass is 35.5. The third kappa shape index (κ3) is 2.77. The van der Waals surface area contributed by atoms with Crippen LogP contribution in [0.4, 0.5) is 0 Å². The van der Waals surface area contributed by atoms with E-state index < -0.39 is 0 Å². The number of nitrogens with zero attached hydrogens (tertiary/aromatic N) is 5. The van der Waals surface area contributed by atoms with Gasteiger partial charge in [-0.1, -0.05) is 11.6 Å². The van der Waals surface area contributed by atoms with E-state index in [2.05, 4.69) is 20.0 Å². The number of aryl methyl sites for hydroxylation is 1. The molecular weight excluding hydrogens is 278 g/mol. The van der Waals surface area contributed by atoms with E-state index in [-0.39, 0.29) is 0 Å². The summed E-state index contributed by atoms with van der Waals surface area (Å²) in [6.45, 7) is 2.42. The molecule has 2 aromatic rings. The van der Waals surface area contributed by atoms with Crippen molar-refractivity contribution in [2.45, 2.75) is 25.5 Å². The van der Waals surface area contributed by atoms with Gasteiger partial charge in [-0.15, -0.1) is 0 Å².